The summed E-state index contributed by atoms with van der Waals surface area (Å²) < 4.78 is 16.1. The van der Waals surface area contributed by atoms with Crippen LogP contribution in [0, 0.1) is 0 Å². The van der Waals surface area contributed by atoms with Gasteiger partial charge in [0, 0.05) is 6.61 Å². The van der Waals surface area contributed by atoms with Crippen molar-refractivity contribution in [3.8, 4) is 11.8 Å². The Hall–Kier alpha value is -1.40. The van der Waals surface area contributed by atoms with E-state index in [0.717, 1.165) is 38.1 Å². The molecular weight excluding hydrogens is 258 g/mol. The van der Waals surface area contributed by atoms with Crippen molar-refractivity contribution in [2.45, 2.75) is 38.3 Å². The van der Waals surface area contributed by atoms with E-state index in [-0.39, 0.29) is 12.1 Å². The maximum absolute atomic E-state index is 5.72. The van der Waals surface area contributed by atoms with Gasteiger partial charge in [-0.15, -0.1) is 0 Å². The van der Waals surface area contributed by atoms with Gasteiger partial charge in [-0.3, -0.25) is 0 Å². The van der Waals surface area contributed by atoms with Crippen LogP contribution in [-0.4, -0.2) is 43.4 Å². The lowest BCUT2D eigenvalue weighted by atomic mass is 10.0. The fourth-order valence-electron chi connectivity index (χ4n) is 2.48. The molecule has 1 aliphatic heterocycles. The van der Waals surface area contributed by atoms with Gasteiger partial charge < -0.3 is 19.5 Å². The second kappa shape index (κ2) is 7.40. The quantitative estimate of drug-likeness (QED) is 0.821. The van der Waals surface area contributed by atoms with E-state index in [9.17, 15) is 0 Å². The van der Waals surface area contributed by atoms with E-state index in [0.29, 0.717) is 11.8 Å². The highest BCUT2D eigenvalue weighted by Gasteiger charge is 2.25. The van der Waals surface area contributed by atoms with E-state index in [4.69, 9.17) is 14.2 Å². The van der Waals surface area contributed by atoms with Crippen molar-refractivity contribution >= 4 is 0 Å². The molecule has 0 radical (unpaired) electrons. The summed E-state index contributed by atoms with van der Waals surface area (Å²) >= 11 is 0. The monoisotopic (exact) mass is 281 g/mol. The Morgan fingerprint density at radius 2 is 2.30 bits per heavy atom. The summed E-state index contributed by atoms with van der Waals surface area (Å²) in [6.07, 6.45) is 5.03. The topological polar surface area (TPSA) is 65.5 Å². The molecule has 2 unspecified atom stereocenters. The second-order valence-corrected chi connectivity index (χ2v) is 4.79. The summed E-state index contributed by atoms with van der Waals surface area (Å²) in [6.45, 7) is 3.79. The number of hydrogen-bond acceptors (Lipinski definition) is 6. The maximum atomic E-state index is 5.72. The van der Waals surface area contributed by atoms with Crippen LogP contribution in [0.1, 0.15) is 37.9 Å². The summed E-state index contributed by atoms with van der Waals surface area (Å²) in [6, 6.07) is 0.0801. The van der Waals surface area contributed by atoms with Crippen LogP contribution in [0.2, 0.25) is 0 Å². The van der Waals surface area contributed by atoms with Crippen LogP contribution in [0.3, 0.4) is 0 Å². The molecule has 112 valence electrons. The molecule has 2 atom stereocenters. The molecule has 0 spiro atoms. The molecule has 2 heterocycles. The Morgan fingerprint density at radius 1 is 1.45 bits per heavy atom. The number of methoxy groups -OCH3 is 2. The van der Waals surface area contributed by atoms with Crippen LogP contribution < -0.4 is 14.8 Å². The van der Waals surface area contributed by atoms with Crippen LogP contribution in [0.4, 0.5) is 0 Å². The summed E-state index contributed by atoms with van der Waals surface area (Å²) in [4.78, 5) is 8.75. The molecule has 2 rings (SSSR count). The lowest BCUT2D eigenvalue weighted by molar-refractivity contribution is 0.0939. The first-order valence-corrected chi connectivity index (χ1v) is 7.08. The van der Waals surface area contributed by atoms with Crippen molar-refractivity contribution in [3.05, 3.63) is 11.9 Å². The van der Waals surface area contributed by atoms with Gasteiger partial charge in [0.1, 0.15) is 5.69 Å². The lowest BCUT2D eigenvalue weighted by Crippen LogP contribution is -2.26. The number of rotatable bonds is 7. The minimum absolute atomic E-state index is 0.0801. The fraction of sp³-hybridized carbons (Fsp3) is 0.714. The molecule has 1 N–H and O–H groups in total. The predicted molar refractivity (Wildman–Crippen MR) is 75.1 cm³/mol. The Labute approximate surface area is 119 Å². The number of ether oxygens (including phenoxy) is 3. The molecule has 6 heteroatoms. The number of hydrogen-bond donors (Lipinski definition) is 1. The van der Waals surface area contributed by atoms with Crippen LogP contribution in [0.25, 0.3) is 0 Å². The van der Waals surface area contributed by atoms with Gasteiger partial charge in [0.05, 0.1) is 32.6 Å². The first-order valence-electron chi connectivity index (χ1n) is 7.08. The third-order valence-corrected chi connectivity index (χ3v) is 3.45. The first-order chi connectivity index (χ1) is 9.78. The van der Waals surface area contributed by atoms with Gasteiger partial charge in [0.2, 0.25) is 11.8 Å². The minimum Gasteiger partial charge on any atom is -0.480 e. The van der Waals surface area contributed by atoms with Gasteiger partial charge >= 0.3 is 0 Å². The predicted octanol–water partition coefficient (Wildman–Crippen LogP) is 1.71. The van der Waals surface area contributed by atoms with E-state index in [1.807, 2.05) is 0 Å². The molecule has 0 aliphatic carbocycles. The standard InChI is InChI=1S/C14H23N3O3/c1-4-15-11(8-10-6-5-7-20-10)13-14(19-3)17-12(18-2)9-16-13/h9-11,15H,4-8H2,1-3H3. The zero-order chi connectivity index (χ0) is 14.4. The normalized spacial score (nSPS) is 19.9. The van der Waals surface area contributed by atoms with E-state index in [2.05, 4.69) is 22.2 Å². The molecule has 1 saturated heterocycles. The van der Waals surface area contributed by atoms with Gasteiger partial charge in [0.15, 0.2) is 0 Å². The molecule has 0 saturated carbocycles. The summed E-state index contributed by atoms with van der Waals surface area (Å²) in [5, 5.41) is 3.43. The van der Waals surface area contributed by atoms with Crippen molar-refractivity contribution in [1.29, 1.82) is 0 Å². The van der Waals surface area contributed by atoms with Crippen molar-refractivity contribution in [2.75, 3.05) is 27.4 Å². The highest BCUT2D eigenvalue weighted by atomic mass is 16.5. The SMILES string of the molecule is CCNC(CC1CCCO1)c1ncc(OC)nc1OC. The third-order valence-electron chi connectivity index (χ3n) is 3.45. The van der Waals surface area contributed by atoms with Crippen LogP contribution >= 0.6 is 0 Å². The number of nitrogens with one attached hydrogen (secondary N) is 1. The molecule has 1 aromatic heterocycles. The highest BCUT2D eigenvalue weighted by molar-refractivity contribution is 5.25. The fourth-order valence-corrected chi connectivity index (χ4v) is 2.48. The number of aromatic nitrogens is 2. The molecule has 1 aliphatic rings. The van der Waals surface area contributed by atoms with Gasteiger partial charge in [-0.05, 0) is 25.8 Å². The molecule has 0 aromatic carbocycles. The average Bonchev–Trinajstić information content (AvgIpc) is 2.99. The maximum Gasteiger partial charge on any atom is 0.240 e. The summed E-state index contributed by atoms with van der Waals surface area (Å²) in [5.74, 6) is 0.964. The zero-order valence-corrected chi connectivity index (χ0v) is 12.4. The zero-order valence-electron chi connectivity index (χ0n) is 12.4. The molecule has 1 aromatic rings. The minimum atomic E-state index is 0.0801. The van der Waals surface area contributed by atoms with Gasteiger partial charge in [-0.1, -0.05) is 6.92 Å². The van der Waals surface area contributed by atoms with Gasteiger partial charge in [-0.25, -0.2) is 4.98 Å². The second-order valence-electron chi connectivity index (χ2n) is 4.79. The Bertz CT molecular complexity index is 422. The van der Waals surface area contributed by atoms with Crippen molar-refractivity contribution in [3.63, 3.8) is 0 Å². The molecule has 0 amide bonds. The van der Waals surface area contributed by atoms with Crippen molar-refractivity contribution in [1.82, 2.24) is 15.3 Å². The first kappa shape index (κ1) is 15.0. The van der Waals surface area contributed by atoms with Crippen molar-refractivity contribution < 1.29 is 14.2 Å². The van der Waals surface area contributed by atoms with E-state index < -0.39 is 0 Å². The van der Waals surface area contributed by atoms with Gasteiger partial charge in [0.25, 0.3) is 0 Å². The Kier molecular flexibility index (Phi) is 5.55. The van der Waals surface area contributed by atoms with Gasteiger partial charge in [-0.2, -0.15) is 4.98 Å². The van der Waals surface area contributed by atoms with E-state index in [1.54, 1.807) is 20.4 Å². The Balaban J connectivity index is 2.18. The summed E-state index contributed by atoms with van der Waals surface area (Å²) in [5.41, 5.74) is 0.811. The van der Waals surface area contributed by atoms with Crippen LogP contribution in [0.15, 0.2) is 6.20 Å². The summed E-state index contributed by atoms with van der Waals surface area (Å²) in [7, 11) is 3.17. The van der Waals surface area contributed by atoms with Crippen LogP contribution in [-0.2, 0) is 4.74 Å². The Morgan fingerprint density at radius 3 is 2.90 bits per heavy atom. The number of nitrogens with zero attached hydrogens (tertiary/aromatic N) is 2. The molecular formula is C14H23N3O3. The average molecular weight is 281 g/mol. The molecule has 1 fully saturated rings. The van der Waals surface area contributed by atoms with E-state index >= 15 is 0 Å². The smallest absolute Gasteiger partial charge is 0.240 e. The van der Waals surface area contributed by atoms with Crippen LogP contribution in [0.5, 0.6) is 11.8 Å². The largest absolute Gasteiger partial charge is 0.480 e. The van der Waals surface area contributed by atoms with Crippen molar-refractivity contribution in [2.24, 2.45) is 0 Å². The molecule has 20 heavy (non-hydrogen) atoms. The van der Waals surface area contributed by atoms with E-state index in [1.165, 1.54) is 0 Å². The lowest BCUT2D eigenvalue weighted by Gasteiger charge is -2.22. The highest BCUT2D eigenvalue weighted by Crippen LogP contribution is 2.29. The molecule has 6 nitrogen and oxygen atoms in total. The third kappa shape index (κ3) is 3.58. The molecule has 0 bridgehead atoms.